The number of carbonyl (C=O) groups is 3. The molecule has 3 rings (SSSR count). The van der Waals surface area contributed by atoms with Gasteiger partial charge in [-0.05, 0) is 26.2 Å². The summed E-state index contributed by atoms with van der Waals surface area (Å²) in [6.45, 7) is 8.93. The third-order valence-corrected chi connectivity index (χ3v) is 7.68. The van der Waals surface area contributed by atoms with Gasteiger partial charge in [0.25, 0.3) is 0 Å². The Labute approximate surface area is 198 Å². The average Bonchev–Trinajstić information content (AvgIpc) is 3.35. The van der Waals surface area contributed by atoms with E-state index >= 15 is 0 Å². The third kappa shape index (κ3) is 4.23. The molecule has 3 heterocycles. The predicted octanol–water partition coefficient (Wildman–Crippen LogP) is 1.88. The summed E-state index contributed by atoms with van der Waals surface area (Å²) in [6.07, 6.45) is 4.89. The molecule has 8 nitrogen and oxygen atoms in total. The highest BCUT2D eigenvalue weighted by Crippen LogP contribution is 2.60. The molecule has 0 radical (unpaired) electrons. The summed E-state index contributed by atoms with van der Waals surface area (Å²) in [6, 6.07) is -0.836. The van der Waals surface area contributed by atoms with E-state index < -0.39 is 35.6 Å². The average molecular weight is 515 g/mol. The number of ether oxygens (including phenoxy) is 2. The summed E-state index contributed by atoms with van der Waals surface area (Å²) in [5, 5.41) is 9.40. The number of carbonyl (C=O) groups excluding carboxylic acids is 3. The van der Waals surface area contributed by atoms with Crippen molar-refractivity contribution in [1.29, 1.82) is 0 Å². The van der Waals surface area contributed by atoms with Gasteiger partial charge in [0.05, 0.1) is 24.5 Å². The summed E-state index contributed by atoms with van der Waals surface area (Å²) in [4.78, 5) is 43.5. The number of nitrogens with zero attached hydrogens (tertiary/aromatic N) is 2. The van der Waals surface area contributed by atoms with Gasteiger partial charge in [-0.1, -0.05) is 41.8 Å². The molecule has 180 valence electrons. The number of fused-ring (bicyclic) bond motifs is 1. The van der Waals surface area contributed by atoms with Gasteiger partial charge in [-0.15, -0.1) is 6.58 Å². The van der Waals surface area contributed by atoms with Gasteiger partial charge < -0.3 is 24.4 Å². The number of amides is 2. The minimum Gasteiger partial charge on any atom is -0.466 e. The fraction of sp³-hybridized carbons (Fsp3) is 0.783. The summed E-state index contributed by atoms with van der Waals surface area (Å²) >= 11 is 3.63. The first-order chi connectivity index (χ1) is 15.4. The van der Waals surface area contributed by atoms with Crippen LogP contribution in [0.4, 0.5) is 0 Å². The van der Waals surface area contributed by atoms with Crippen LogP contribution in [0.2, 0.25) is 0 Å². The van der Waals surface area contributed by atoms with Gasteiger partial charge in [0.2, 0.25) is 11.8 Å². The molecular formula is C23H35BrN2O6. The van der Waals surface area contributed by atoms with Crippen LogP contribution >= 0.6 is 15.9 Å². The van der Waals surface area contributed by atoms with Gasteiger partial charge in [-0.2, -0.15) is 0 Å². The molecule has 0 saturated carbocycles. The van der Waals surface area contributed by atoms with Crippen molar-refractivity contribution >= 4 is 33.7 Å². The molecule has 3 aliphatic rings. The Balaban J connectivity index is 1.98. The zero-order valence-corrected chi connectivity index (χ0v) is 20.6. The maximum absolute atomic E-state index is 13.9. The van der Waals surface area contributed by atoms with Gasteiger partial charge in [-0.3, -0.25) is 14.4 Å². The van der Waals surface area contributed by atoms with Crippen LogP contribution in [-0.2, 0) is 23.9 Å². The van der Waals surface area contributed by atoms with Gasteiger partial charge >= 0.3 is 5.97 Å². The van der Waals surface area contributed by atoms with E-state index in [0.717, 1.165) is 19.3 Å². The van der Waals surface area contributed by atoms with E-state index in [1.165, 1.54) is 4.90 Å². The third-order valence-electron chi connectivity index (χ3n) is 6.83. The number of likely N-dealkylation sites (tertiary alicyclic amines) is 1. The number of esters is 1. The molecule has 1 spiro atoms. The SMILES string of the molecule is C=CCN(CCCCC)C(=O)[C@@H]1N(CCCO)C(=O)[C@H]2[C@H](C(=O)OCC)[C@H]3O[C@@]12CC3Br. The maximum atomic E-state index is 13.9. The lowest BCUT2D eigenvalue weighted by atomic mass is 9.70. The zero-order chi connectivity index (χ0) is 23.5. The fourth-order valence-electron chi connectivity index (χ4n) is 5.57. The minimum absolute atomic E-state index is 0.0961. The summed E-state index contributed by atoms with van der Waals surface area (Å²) in [5.41, 5.74) is -1.08. The van der Waals surface area contributed by atoms with Crippen molar-refractivity contribution in [3.63, 3.8) is 0 Å². The quantitative estimate of drug-likeness (QED) is 0.185. The predicted molar refractivity (Wildman–Crippen MR) is 122 cm³/mol. The summed E-state index contributed by atoms with van der Waals surface area (Å²) < 4.78 is 11.7. The molecule has 0 aromatic rings. The lowest BCUT2D eigenvalue weighted by molar-refractivity contribution is -0.154. The first-order valence-electron chi connectivity index (χ1n) is 11.7. The second-order valence-corrected chi connectivity index (χ2v) is 9.98. The Hall–Kier alpha value is -1.45. The van der Waals surface area contributed by atoms with Crippen LogP contribution in [0, 0.1) is 11.8 Å². The van der Waals surface area contributed by atoms with Crippen molar-refractivity contribution < 1.29 is 29.0 Å². The largest absolute Gasteiger partial charge is 0.466 e. The lowest BCUT2D eigenvalue weighted by Gasteiger charge is -2.37. The lowest BCUT2D eigenvalue weighted by Crippen LogP contribution is -2.57. The van der Waals surface area contributed by atoms with Crippen LogP contribution in [0.1, 0.15) is 46.0 Å². The minimum atomic E-state index is -1.08. The zero-order valence-electron chi connectivity index (χ0n) is 19.0. The molecule has 6 atom stereocenters. The van der Waals surface area contributed by atoms with Crippen molar-refractivity contribution in [3.05, 3.63) is 12.7 Å². The molecule has 0 aliphatic carbocycles. The second-order valence-electron chi connectivity index (χ2n) is 8.80. The molecule has 3 aliphatic heterocycles. The number of halogens is 1. The van der Waals surface area contributed by atoms with Crippen molar-refractivity contribution in [2.24, 2.45) is 11.8 Å². The van der Waals surface area contributed by atoms with E-state index in [-0.39, 0.29) is 36.4 Å². The number of rotatable bonds is 12. The maximum Gasteiger partial charge on any atom is 0.312 e. The van der Waals surface area contributed by atoms with Gasteiger partial charge in [0, 0.05) is 31.1 Å². The first kappa shape index (κ1) is 25.2. The smallest absolute Gasteiger partial charge is 0.312 e. The van der Waals surface area contributed by atoms with Crippen molar-refractivity contribution in [2.45, 2.75) is 68.5 Å². The van der Waals surface area contributed by atoms with Crippen LogP contribution in [-0.4, -0.2) is 88.1 Å². The van der Waals surface area contributed by atoms with Gasteiger partial charge in [-0.25, -0.2) is 0 Å². The highest BCUT2D eigenvalue weighted by atomic mass is 79.9. The van der Waals surface area contributed by atoms with Crippen LogP contribution < -0.4 is 0 Å². The monoisotopic (exact) mass is 514 g/mol. The Bertz CT molecular complexity index is 733. The van der Waals surface area contributed by atoms with Crippen LogP contribution in [0.5, 0.6) is 0 Å². The number of hydrogen-bond donors (Lipinski definition) is 1. The number of hydrogen-bond acceptors (Lipinski definition) is 6. The number of aliphatic hydroxyl groups is 1. The van der Waals surface area contributed by atoms with E-state index in [1.54, 1.807) is 17.9 Å². The van der Waals surface area contributed by atoms with E-state index in [2.05, 4.69) is 29.4 Å². The highest BCUT2D eigenvalue weighted by molar-refractivity contribution is 9.09. The van der Waals surface area contributed by atoms with E-state index in [0.29, 0.717) is 25.9 Å². The number of alkyl halides is 1. The molecule has 3 saturated heterocycles. The topological polar surface area (TPSA) is 96.4 Å². The summed E-state index contributed by atoms with van der Waals surface area (Å²) in [5.74, 6) is -2.40. The molecule has 0 aromatic carbocycles. The second kappa shape index (κ2) is 10.7. The molecule has 3 fully saturated rings. The Morgan fingerprint density at radius 1 is 1.38 bits per heavy atom. The van der Waals surface area contributed by atoms with Crippen LogP contribution in [0.15, 0.2) is 12.7 Å². The van der Waals surface area contributed by atoms with Gasteiger partial charge in [0.1, 0.15) is 11.6 Å². The number of aliphatic hydroxyl groups excluding tert-OH is 1. The molecule has 0 aromatic heterocycles. The Morgan fingerprint density at radius 2 is 2.12 bits per heavy atom. The molecule has 9 heteroatoms. The highest BCUT2D eigenvalue weighted by Gasteiger charge is 2.76. The Kier molecular flexibility index (Phi) is 8.38. The Morgan fingerprint density at radius 3 is 2.75 bits per heavy atom. The standard InChI is InChI=1S/C23H35BrN2O6/c1-4-7-8-11-25(10-5-2)21(29)19-23-14-15(24)18(32-23)16(22(30)31-6-3)17(23)20(28)26(19)12-9-13-27/h5,15-19,27H,2,4,6-14H2,1,3H3/t15?,16-,17+,18-,19-,23+/m0/s1. The van der Waals surface area contributed by atoms with E-state index in [1.807, 2.05) is 0 Å². The molecule has 2 amide bonds. The fourth-order valence-corrected chi connectivity index (χ4v) is 6.51. The van der Waals surface area contributed by atoms with Gasteiger partial charge in [0.15, 0.2) is 0 Å². The van der Waals surface area contributed by atoms with Crippen molar-refractivity contribution in [2.75, 3.05) is 32.8 Å². The summed E-state index contributed by atoms with van der Waals surface area (Å²) in [7, 11) is 0. The molecule has 1 unspecified atom stereocenters. The van der Waals surface area contributed by atoms with E-state index in [4.69, 9.17) is 9.47 Å². The first-order valence-corrected chi connectivity index (χ1v) is 12.6. The van der Waals surface area contributed by atoms with Crippen LogP contribution in [0.25, 0.3) is 0 Å². The molecule has 2 bridgehead atoms. The molecule has 32 heavy (non-hydrogen) atoms. The van der Waals surface area contributed by atoms with Crippen molar-refractivity contribution in [3.8, 4) is 0 Å². The normalized spacial score (nSPS) is 32.8. The molecule has 1 N–H and O–H groups in total. The van der Waals surface area contributed by atoms with E-state index in [9.17, 15) is 19.5 Å². The number of unbranched alkanes of at least 4 members (excludes halogenated alkanes) is 2. The van der Waals surface area contributed by atoms with Crippen LogP contribution in [0.3, 0.4) is 0 Å². The molecular weight excluding hydrogens is 480 g/mol. The van der Waals surface area contributed by atoms with Crippen molar-refractivity contribution in [1.82, 2.24) is 9.80 Å².